The van der Waals surface area contributed by atoms with E-state index in [1.54, 1.807) is 25.0 Å². The van der Waals surface area contributed by atoms with Crippen LogP contribution in [-0.2, 0) is 19.7 Å². The zero-order valence-electron chi connectivity index (χ0n) is 18.3. The summed E-state index contributed by atoms with van der Waals surface area (Å²) in [5.74, 6) is 0.304. The van der Waals surface area contributed by atoms with E-state index in [0.29, 0.717) is 17.9 Å². The summed E-state index contributed by atoms with van der Waals surface area (Å²) in [5, 5.41) is 0. The molecule has 0 fully saturated rings. The summed E-state index contributed by atoms with van der Waals surface area (Å²) in [5.41, 5.74) is -0.381. The van der Waals surface area contributed by atoms with Gasteiger partial charge in [-0.2, -0.15) is 0 Å². The van der Waals surface area contributed by atoms with Gasteiger partial charge in [0.05, 0.1) is 19.4 Å². The van der Waals surface area contributed by atoms with Gasteiger partial charge in [-0.25, -0.2) is 4.79 Å². The molecule has 1 aliphatic heterocycles. The van der Waals surface area contributed by atoms with Crippen LogP contribution in [0.15, 0.2) is 18.2 Å². The Bertz CT molecular complexity index is 744. The minimum Gasteiger partial charge on any atom is -0.497 e. The Balaban J connectivity index is 2.63. The minimum atomic E-state index is -0.977. The number of nitrogens with zero attached hydrogens (tertiary/aromatic N) is 1. The lowest BCUT2D eigenvalue weighted by Gasteiger charge is -2.34. The summed E-state index contributed by atoms with van der Waals surface area (Å²) in [6, 6.07) is 5.43. The largest absolute Gasteiger partial charge is 0.497 e. The van der Waals surface area contributed by atoms with Gasteiger partial charge in [-0.15, -0.1) is 0 Å². The van der Waals surface area contributed by atoms with E-state index in [4.69, 9.17) is 14.2 Å². The fourth-order valence-corrected chi connectivity index (χ4v) is 3.75. The maximum Gasteiger partial charge on any atom is 0.414 e. The van der Waals surface area contributed by atoms with E-state index in [-0.39, 0.29) is 24.5 Å². The molecule has 1 amide bonds. The van der Waals surface area contributed by atoms with Crippen molar-refractivity contribution in [2.45, 2.75) is 65.9 Å². The molecule has 6 nitrogen and oxygen atoms in total. The molecule has 0 radical (unpaired) electrons. The van der Waals surface area contributed by atoms with Crippen molar-refractivity contribution >= 4 is 17.7 Å². The molecule has 0 saturated carbocycles. The SMILES string of the molecule is CCOC(=O)C1(CC(C)(C)C)CN(C(=O)OC(C)(C)C)c2ccc(OC)cc21. The average molecular weight is 392 g/mol. The van der Waals surface area contributed by atoms with Crippen molar-refractivity contribution in [3.63, 3.8) is 0 Å². The average Bonchev–Trinajstić information content (AvgIpc) is 2.87. The van der Waals surface area contributed by atoms with Crippen molar-refractivity contribution in [2.75, 3.05) is 25.2 Å². The van der Waals surface area contributed by atoms with Gasteiger partial charge in [0.2, 0.25) is 0 Å². The zero-order chi connectivity index (χ0) is 21.3. The minimum absolute atomic E-state index is 0.170. The predicted molar refractivity (Wildman–Crippen MR) is 109 cm³/mol. The Morgan fingerprint density at radius 2 is 1.79 bits per heavy atom. The lowest BCUT2D eigenvalue weighted by Crippen LogP contribution is -2.46. The van der Waals surface area contributed by atoms with Gasteiger partial charge in [-0.05, 0) is 63.3 Å². The molecule has 0 N–H and O–H groups in total. The molecule has 0 aliphatic carbocycles. The molecule has 1 aromatic rings. The van der Waals surface area contributed by atoms with Crippen molar-refractivity contribution in [3.8, 4) is 5.75 Å². The van der Waals surface area contributed by atoms with Gasteiger partial charge < -0.3 is 14.2 Å². The highest BCUT2D eigenvalue weighted by Gasteiger charge is 2.53. The highest BCUT2D eigenvalue weighted by molar-refractivity contribution is 5.98. The molecule has 2 rings (SSSR count). The van der Waals surface area contributed by atoms with Crippen LogP contribution in [0, 0.1) is 5.41 Å². The van der Waals surface area contributed by atoms with Crippen molar-refractivity contribution in [3.05, 3.63) is 23.8 Å². The van der Waals surface area contributed by atoms with Crippen molar-refractivity contribution in [1.82, 2.24) is 0 Å². The van der Waals surface area contributed by atoms with E-state index in [1.807, 2.05) is 32.9 Å². The molecular weight excluding hydrogens is 358 g/mol. The summed E-state index contributed by atoms with van der Waals surface area (Å²) in [6.45, 7) is 13.9. The number of benzene rings is 1. The van der Waals surface area contributed by atoms with Gasteiger partial charge in [0, 0.05) is 6.54 Å². The normalized spacial score (nSPS) is 19.2. The van der Waals surface area contributed by atoms with Gasteiger partial charge in [-0.3, -0.25) is 9.69 Å². The summed E-state index contributed by atoms with van der Waals surface area (Å²) < 4.78 is 16.5. The maximum absolute atomic E-state index is 13.2. The smallest absolute Gasteiger partial charge is 0.414 e. The van der Waals surface area contributed by atoms with E-state index in [1.165, 1.54) is 0 Å². The number of hydrogen-bond acceptors (Lipinski definition) is 5. The standard InChI is InChI=1S/C22H33NO5/c1-9-27-18(24)22(13-20(2,3)4)14-23(19(25)28-21(5,6)7)17-11-10-15(26-8)12-16(17)22/h10-12H,9,13-14H2,1-8H3. The van der Waals surface area contributed by atoms with Crippen molar-refractivity contribution in [1.29, 1.82) is 0 Å². The van der Waals surface area contributed by atoms with Crippen LogP contribution in [0.4, 0.5) is 10.5 Å². The summed E-state index contributed by atoms with van der Waals surface area (Å²) in [6.07, 6.45) is 0.0529. The van der Waals surface area contributed by atoms with Crippen molar-refractivity contribution < 1.29 is 23.8 Å². The quantitative estimate of drug-likeness (QED) is 0.697. The Labute approximate surface area is 168 Å². The fourth-order valence-electron chi connectivity index (χ4n) is 3.75. The number of methoxy groups -OCH3 is 1. The molecule has 156 valence electrons. The Morgan fingerprint density at radius 3 is 2.29 bits per heavy atom. The summed E-state index contributed by atoms with van der Waals surface area (Å²) in [4.78, 5) is 27.7. The topological polar surface area (TPSA) is 65.1 Å². The third-order valence-electron chi connectivity index (χ3n) is 4.55. The fraction of sp³-hybridized carbons (Fsp3) is 0.636. The van der Waals surface area contributed by atoms with Crippen LogP contribution in [-0.4, -0.2) is 37.9 Å². The summed E-state index contributed by atoms with van der Waals surface area (Å²) in [7, 11) is 1.58. The van der Waals surface area contributed by atoms with Crippen LogP contribution in [0.1, 0.15) is 60.5 Å². The third kappa shape index (κ3) is 4.59. The van der Waals surface area contributed by atoms with Gasteiger partial charge in [0.15, 0.2) is 0 Å². The number of carbonyl (C=O) groups is 2. The van der Waals surface area contributed by atoms with E-state index in [0.717, 1.165) is 5.56 Å². The Hall–Kier alpha value is -2.24. The molecule has 1 unspecified atom stereocenters. The molecule has 6 heteroatoms. The number of anilines is 1. The molecule has 0 bridgehead atoms. The van der Waals surface area contributed by atoms with E-state index in [2.05, 4.69) is 20.8 Å². The molecule has 1 heterocycles. The molecule has 0 aromatic heterocycles. The monoisotopic (exact) mass is 391 g/mol. The first kappa shape index (κ1) is 22.1. The van der Waals surface area contributed by atoms with Crippen LogP contribution in [0.25, 0.3) is 0 Å². The molecule has 1 atom stereocenters. The van der Waals surface area contributed by atoms with Gasteiger partial charge in [-0.1, -0.05) is 20.8 Å². The first-order chi connectivity index (χ1) is 12.8. The molecule has 1 aromatic carbocycles. The second kappa shape index (κ2) is 7.64. The molecule has 1 aliphatic rings. The van der Waals surface area contributed by atoms with E-state index >= 15 is 0 Å². The van der Waals surface area contributed by atoms with Crippen molar-refractivity contribution in [2.24, 2.45) is 5.41 Å². The van der Waals surface area contributed by atoms with Crippen LogP contribution in [0.3, 0.4) is 0 Å². The molecular formula is C22H33NO5. The number of amides is 1. The number of hydrogen-bond donors (Lipinski definition) is 0. The van der Waals surface area contributed by atoms with E-state index < -0.39 is 17.1 Å². The van der Waals surface area contributed by atoms with Gasteiger partial charge in [0.25, 0.3) is 0 Å². The van der Waals surface area contributed by atoms with Crippen LogP contribution in [0.5, 0.6) is 5.75 Å². The highest BCUT2D eigenvalue weighted by Crippen LogP contribution is 2.49. The number of ether oxygens (including phenoxy) is 3. The van der Waals surface area contributed by atoms with Crippen LogP contribution < -0.4 is 9.64 Å². The second-order valence-electron chi connectivity index (χ2n) is 9.49. The maximum atomic E-state index is 13.2. The number of rotatable bonds is 4. The highest BCUT2D eigenvalue weighted by atomic mass is 16.6. The van der Waals surface area contributed by atoms with Crippen LogP contribution >= 0.6 is 0 Å². The molecule has 0 spiro atoms. The summed E-state index contributed by atoms with van der Waals surface area (Å²) >= 11 is 0. The predicted octanol–water partition coefficient (Wildman–Crippen LogP) is 4.69. The van der Waals surface area contributed by atoms with Gasteiger partial charge >= 0.3 is 12.1 Å². The molecule has 28 heavy (non-hydrogen) atoms. The van der Waals surface area contributed by atoms with Crippen LogP contribution in [0.2, 0.25) is 0 Å². The first-order valence-electron chi connectivity index (χ1n) is 9.69. The molecule has 0 saturated heterocycles. The second-order valence-corrected chi connectivity index (χ2v) is 9.49. The zero-order valence-corrected chi connectivity index (χ0v) is 18.3. The lowest BCUT2D eigenvalue weighted by molar-refractivity contribution is -0.150. The Morgan fingerprint density at radius 1 is 1.14 bits per heavy atom. The van der Waals surface area contributed by atoms with Gasteiger partial charge in [0.1, 0.15) is 16.8 Å². The number of fused-ring (bicyclic) bond motifs is 1. The first-order valence-corrected chi connectivity index (χ1v) is 9.69. The number of carbonyl (C=O) groups excluding carboxylic acids is 2. The lowest BCUT2D eigenvalue weighted by atomic mass is 9.70. The number of esters is 1. The third-order valence-corrected chi connectivity index (χ3v) is 4.55. The Kier molecular flexibility index (Phi) is 6.02. The van der Waals surface area contributed by atoms with E-state index in [9.17, 15) is 9.59 Å².